The molecule has 1 atom stereocenters. The number of nitrogens with one attached hydrogen (secondary N) is 1. The van der Waals surface area contributed by atoms with E-state index in [1.54, 1.807) is 24.8 Å². The maximum atomic E-state index is 11.9. The summed E-state index contributed by atoms with van der Waals surface area (Å²) in [5.74, 6) is 0.430. The van der Waals surface area contributed by atoms with Gasteiger partial charge in [0, 0.05) is 22.3 Å². The van der Waals surface area contributed by atoms with Gasteiger partial charge in [-0.05, 0) is 43.9 Å². The number of carbonyl (C=O) groups is 1. The summed E-state index contributed by atoms with van der Waals surface area (Å²) in [6, 6.07) is 5.43. The van der Waals surface area contributed by atoms with Crippen LogP contribution in [-0.2, 0) is 0 Å². The molecule has 1 aromatic carbocycles. The maximum Gasteiger partial charge on any atom is 0.251 e. The van der Waals surface area contributed by atoms with Gasteiger partial charge in [0.1, 0.15) is 0 Å². The summed E-state index contributed by atoms with van der Waals surface area (Å²) < 4.78 is 0.980. The number of thioether (sulfide) groups is 1. The molecule has 5 heteroatoms. The van der Waals surface area contributed by atoms with Gasteiger partial charge in [0.2, 0.25) is 0 Å². The van der Waals surface area contributed by atoms with E-state index in [0.717, 1.165) is 10.0 Å². The van der Waals surface area contributed by atoms with Crippen molar-refractivity contribution in [3.05, 3.63) is 33.8 Å². The fourth-order valence-electron chi connectivity index (χ4n) is 1.52. The van der Waals surface area contributed by atoms with Crippen LogP contribution in [0.15, 0.2) is 22.7 Å². The highest BCUT2D eigenvalue weighted by Crippen LogP contribution is 2.17. The minimum Gasteiger partial charge on any atom is -0.387 e. The zero-order chi connectivity index (χ0) is 13.8. The normalized spacial score (nSPS) is 14.1. The first-order chi connectivity index (χ1) is 8.35. The topological polar surface area (TPSA) is 49.3 Å². The Hall–Kier alpha value is -0.520. The molecule has 100 valence electrons. The van der Waals surface area contributed by atoms with Crippen LogP contribution in [0.5, 0.6) is 0 Å². The zero-order valence-electron chi connectivity index (χ0n) is 10.8. The van der Waals surface area contributed by atoms with Gasteiger partial charge >= 0.3 is 0 Å². The molecule has 0 saturated carbocycles. The smallest absolute Gasteiger partial charge is 0.251 e. The Morgan fingerprint density at radius 3 is 2.78 bits per heavy atom. The predicted octanol–water partition coefficient (Wildman–Crippen LogP) is 2.60. The number of hydrogen-bond donors (Lipinski definition) is 2. The van der Waals surface area contributed by atoms with E-state index < -0.39 is 5.60 Å². The van der Waals surface area contributed by atoms with Crippen molar-refractivity contribution in [3.8, 4) is 0 Å². The number of benzene rings is 1. The van der Waals surface area contributed by atoms with Gasteiger partial charge in [0.15, 0.2) is 0 Å². The molecule has 0 unspecified atom stereocenters. The molecular formula is C13H18BrNO2S. The van der Waals surface area contributed by atoms with E-state index in [1.165, 1.54) is 0 Å². The standard InChI is InChI=1S/C13H18BrNO2S/c1-9-6-10(4-5-11(9)14)12(16)15-7-13(2,17)8-18-3/h4-6,17H,7-8H2,1-3H3,(H,15,16)/t13-/m0/s1. The van der Waals surface area contributed by atoms with Crippen molar-refractivity contribution in [2.75, 3.05) is 18.6 Å². The molecule has 0 saturated heterocycles. The molecule has 0 radical (unpaired) electrons. The molecule has 1 amide bonds. The monoisotopic (exact) mass is 331 g/mol. The third kappa shape index (κ3) is 4.63. The molecule has 2 N–H and O–H groups in total. The van der Waals surface area contributed by atoms with Gasteiger partial charge in [-0.2, -0.15) is 11.8 Å². The lowest BCUT2D eigenvalue weighted by molar-refractivity contribution is 0.0725. The van der Waals surface area contributed by atoms with Gasteiger partial charge in [-0.15, -0.1) is 0 Å². The second-order valence-electron chi connectivity index (χ2n) is 4.58. The molecular weight excluding hydrogens is 314 g/mol. The van der Waals surface area contributed by atoms with Gasteiger partial charge < -0.3 is 10.4 Å². The minimum absolute atomic E-state index is 0.160. The number of rotatable bonds is 5. The first-order valence-corrected chi connectivity index (χ1v) is 7.80. The average Bonchev–Trinajstić information content (AvgIpc) is 2.30. The lowest BCUT2D eigenvalue weighted by atomic mass is 10.1. The van der Waals surface area contributed by atoms with E-state index in [-0.39, 0.29) is 12.5 Å². The Morgan fingerprint density at radius 2 is 2.22 bits per heavy atom. The molecule has 1 aromatic rings. The van der Waals surface area contributed by atoms with Crippen LogP contribution in [0.3, 0.4) is 0 Å². The van der Waals surface area contributed by atoms with E-state index in [1.807, 2.05) is 25.3 Å². The molecule has 0 aliphatic rings. The van der Waals surface area contributed by atoms with Crippen molar-refractivity contribution < 1.29 is 9.90 Å². The van der Waals surface area contributed by atoms with E-state index in [2.05, 4.69) is 21.2 Å². The Morgan fingerprint density at radius 1 is 1.56 bits per heavy atom. The minimum atomic E-state index is -0.876. The summed E-state index contributed by atoms with van der Waals surface area (Å²) in [5, 5.41) is 12.7. The summed E-state index contributed by atoms with van der Waals surface area (Å²) in [7, 11) is 0. The van der Waals surface area contributed by atoms with Gasteiger partial charge in [0.05, 0.1) is 5.60 Å². The van der Waals surface area contributed by atoms with Crippen molar-refractivity contribution in [1.82, 2.24) is 5.32 Å². The number of halogens is 1. The molecule has 3 nitrogen and oxygen atoms in total. The third-order valence-corrected chi connectivity index (χ3v) is 4.31. The summed E-state index contributed by atoms with van der Waals surface area (Å²) in [4.78, 5) is 11.9. The van der Waals surface area contributed by atoms with Gasteiger partial charge in [-0.25, -0.2) is 0 Å². The first kappa shape index (κ1) is 15.5. The Kier molecular flexibility index (Phi) is 5.69. The molecule has 0 aliphatic heterocycles. The fourth-order valence-corrected chi connectivity index (χ4v) is 2.49. The molecule has 0 aromatic heterocycles. The maximum absolute atomic E-state index is 11.9. The van der Waals surface area contributed by atoms with Crippen molar-refractivity contribution in [2.45, 2.75) is 19.4 Å². The Bertz CT molecular complexity index is 435. The lowest BCUT2D eigenvalue weighted by Crippen LogP contribution is -2.42. The summed E-state index contributed by atoms with van der Waals surface area (Å²) in [5.41, 5.74) is 0.744. The summed E-state index contributed by atoms with van der Waals surface area (Å²) in [6.45, 7) is 3.91. The highest BCUT2D eigenvalue weighted by atomic mass is 79.9. The fraction of sp³-hybridized carbons (Fsp3) is 0.462. The van der Waals surface area contributed by atoms with Gasteiger partial charge in [-0.3, -0.25) is 4.79 Å². The van der Waals surface area contributed by atoms with Crippen molar-refractivity contribution in [3.63, 3.8) is 0 Å². The van der Waals surface area contributed by atoms with Crippen LogP contribution in [0.2, 0.25) is 0 Å². The summed E-state index contributed by atoms with van der Waals surface area (Å²) in [6.07, 6.45) is 1.92. The number of carbonyl (C=O) groups excluding carboxylic acids is 1. The molecule has 0 aliphatic carbocycles. The number of hydrogen-bond acceptors (Lipinski definition) is 3. The van der Waals surface area contributed by atoms with E-state index in [4.69, 9.17) is 0 Å². The van der Waals surface area contributed by atoms with Gasteiger partial charge in [0.25, 0.3) is 5.91 Å². The van der Waals surface area contributed by atoms with Crippen LogP contribution in [0, 0.1) is 6.92 Å². The molecule has 1 rings (SSSR count). The molecule has 18 heavy (non-hydrogen) atoms. The number of aryl methyl sites for hydroxylation is 1. The van der Waals surface area contributed by atoms with Crippen LogP contribution in [0.25, 0.3) is 0 Å². The second-order valence-corrected chi connectivity index (χ2v) is 6.30. The van der Waals surface area contributed by atoms with Gasteiger partial charge in [-0.1, -0.05) is 15.9 Å². The third-order valence-electron chi connectivity index (χ3n) is 2.51. The summed E-state index contributed by atoms with van der Waals surface area (Å²) >= 11 is 4.95. The average molecular weight is 332 g/mol. The van der Waals surface area contributed by atoms with Crippen molar-refractivity contribution in [2.24, 2.45) is 0 Å². The molecule has 0 bridgehead atoms. The molecule has 0 fully saturated rings. The van der Waals surface area contributed by atoms with Crippen LogP contribution < -0.4 is 5.32 Å². The zero-order valence-corrected chi connectivity index (χ0v) is 13.2. The van der Waals surface area contributed by atoms with Crippen LogP contribution in [0.1, 0.15) is 22.8 Å². The Labute approximate surface area is 120 Å². The number of amides is 1. The lowest BCUT2D eigenvalue weighted by Gasteiger charge is -2.22. The SMILES string of the molecule is CSC[C@@](C)(O)CNC(=O)c1ccc(Br)c(C)c1. The van der Waals surface area contributed by atoms with Crippen LogP contribution >= 0.6 is 27.7 Å². The van der Waals surface area contributed by atoms with Crippen molar-refractivity contribution in [1.29, 1.82) is 0 Å². The van der Waals surface area contributed by atoms with Crippen LogP contribution in [-0.4, -0.2) is 35.2 Å². The van der Waals surface area contributed by atoms with E-state index in [0.29, 0.717) is 11.3 Å². The highest BCUT2D eigenvalue weighted by molar-refractivity contribution is 9.10. The number of aliphatic hydroxyl groups is 1. The molecule has 0 heterocycles. The Balaban J connectivity index is 2.63. The largest absolute Gasteiger partial charge is 0.387 e. The van der Waals surface area contributed by atoms with E-state index >= 15 is 0 Å². The first-order valence-electron chi connectivity index (χ1n) is 5.61. The molecule has 0 spiro atoms. The van der Waals surface area contributed by atoms with Crippen molar-refractivity contribution >= 4 is 33.6 Å². The van der Waals surface area contributed by atoms with E-state index in [9.17, 15) is 9.90 Å². The second kappa shape index (κ2) is 6.59. The highest BCUT2D eigenvalue weighted by Gasteiger charge is 2.20. The quantitative estimate of drug-likeness (QED) is 0.871. The predicted molar refractivity (Wildman–Crippen MR) is 80.2 cm³/mol. The van der Waals surface area contributed by atoms with Crippen LogP contribution in [0.4, 0.5) is 0 Å².